The third-order valence-electron chi connectivity index (χ3n) is 3.63. The highest BCUT2D eigenvalue weighted by atomic mass is 32.2. The van der Waals surface area contributed by atoms with Gasteiger partial charge in [0, 0.05) is 9.79 Å². The van der Waals surface area contributed by atoms with E-state index in [9.17, 15) is 0 Å². The van der Waals surface area contributed by atoms with Crippen LogP contribution in [0.25, 0.3) is 0 Å². The Hall–Kier alpha value is -1.41. The number of rotatable bonds is 6. The van der Waals surface area contributed by atoms with E-state index >= 15 is 0 Å². The number of benzene rings is 2. The molecule has 0 aliphatic heterocycles. The minimum Gasteiger partial charge on any atom is -0.497 e. The van der Waals surface area contributed by atoms with E-state index in [0.717, 1.165) is 5.75 Å². The summed E-state index contributed by atoms with van der Waals surface area (Å²) in [6, 6.07) is 17.2. The third kappa shape index (κ3) is 3.80. The van der Waals surface area contributed by atoms with E-state index in [2.05, 4.69) is 50.2 Å². The van der Waals surface area contributed by atoms with E-state index in [1.165, 1.54) is 28.2 Å². The molecule has 106 valence electrons. The summed E-state index contributed by atoms with van der Waals surface area (Å²) in [5, 5.41) is 0. The van der Waals surface area contributed by atoms with Crippen molar-refractivity contribution in [2.24, 2.45) is 0 Å². The minimum atomic E-state index is 0.690. The van der Waals surface area contributed by atoms with E-state index in [-0.39, 0.29) is 0 Å². The van der Waals surface area contributed by atoms with Crippen LogP contribution in [-0.2, 0) is 0 Å². The smallest absolute Gasteiger partial charge is 0.118 e. The summed E-state index contributed by atoms with van der Waals surface area (Å²) in [6.45, 7) is 4.52. The highest BCUT2D eigenvalue weighted by molar-refractivity contribution is 7.99. The number of hydrogen-bond acceptors (Lipinski definition) is 2. The van der Waals surface area contributed by atoms with Gasteiger partial charge in [-0.3, -0.25) is 0 Å². The molecule has 0 heterocycles. The molecule has 0 fully saturated rings. The summed E-state index contributed by atoms with van der Waals surface area (Å²) < 4.78 is 5.18. The van der Waals surface area contributed by atoms with Gasteiger partial charge in [-0.25, -0.2) is 0 Å². The molecule has 0 unspecified atom stereocenters. The van der Waals surface area contributed by atoms with Crippen LogP contribution in [0.15, 0.2) is 58.3 Å². The highest BCUT2D eigenvalue weighted by Gasteiger charge is 2.06. The fourth-order valence-corrected chi connectivity index (χ4v) is 3.16. The Labute approximate surface area is 126 Å². The number of hydrogen-bond donors (Lipinski definition) is 0. The summed E-state index contributed by atoms with van der Waals surface area (Å²) in [4.78, 5) is 2.52. The van der Waals surface area contributed by atoms with Crippen LogP contribution in [0.1, 0.15) is 38.2 Å². The standard InChI is InChI=1S/C18H22OS/c1-4-14(5-2)15-6-10-17(11-7-15)20-18-12-8-16(19-3)9-13-18/h6-14H,4-5H2,1-3H3. The molecule has 0 saturated heterocycles. The molecule has 2 aromatic rings. The first kappa shape index (κ1) is 15.0. The molecule has 1 nitrogen and oxygen atoms in total. The van der Waals surface area contributed by atoms with Gasteiger partial charge in [-0.05, 0) is 60.7 Å². The van der Waals surface area contributed by atoms with Gasteiger partial charge < -0.3 is 4.74 Å². The Morgan fingerprint density at radius 1 is 0.850 bits per heavy atom. The predicted molar refractivity (Wildman–Crippen MR) is 86.9 cm³/mol. The second kappa shape index (κ2) is 7.39. The van der Waals surface area contributed by atoms with Gasteiger partial charge >= 0.3 is 0 Å². The second-order valence-electron chi connectivity index (χ2n) is 4.86. The molecule has 0 bridgehead atoms. The van der Waals surface area contributed by atoms with Crippen LogP contribution < -0.4 is 4.74 Å². The topological polar surface area (TPSA) is 9.23 Å². The molecule has 2 heteroatoms. The summed E-state index contributed by atoms with van der Waals surface area (Å²) in [5.74, 6) is 1.59. The average molecular weight is 286 g/mol. The Bertz CT molecular complexity index is 512. The Balaban J connectivity index is 2.06. The lowest BCUT2D eigenvalue weighted by molar-refractivity contribution is 0.414. The van der Waals surface area contributed by atoms with Gasteiger partial charge in [-0.15, -0.1) is 0 Å². The highest BCUT2D eigenvalue weighted by Crippen LogP contribution is 2.31. The molecule has 0 aliphatic carbocycles. The lowest BCUT2D eigenvalue weighted by Gasteiger charge is -2.13. The van der Waals surface area contributed by atoms with E-state index < -0.39 is 0 Å². The van der Waals surface area contributed by atoms with Gasteiger partial charge in [-0.2, -0.15) is 0 Å². The van der Waals surface area contributed by atoms with Crippen LogP contribution in [0.5, 0.6) is 5.75 Å². The second-order valence-corrected chi connectivity index (χ2v) is 6.01. The van der Waals surface area contributed by atoms with Gasteiger partial charge in [0.05, 0.1) is 7.11 Å². The molecule has 0 spiro atoms. The normalized spacial score (nSPS) is 10.8. The first-order valence-electron chi connectivity index (χ1n) is 7.18. The number of ether oxygens (including phenoxy) is 1. The Kier molecular flexibility index (Phi) is 5.54. The van der Waals surface area contributed by atoms with Crippen molar-refractivity contribution in [3.63, 3.8) is 0 Å². The molecule has 0 atom stereocenters. The van der Waals surface area contributed by atoms with Gasteiger partial charge in [-0.1, -0.05) is 37.7 Å². The largest absolute Gasteiger partial charge is 0.497 e. The van der Waals surface area contributed by atoms with Crippen LogP contribution >= 0.6 is 11.8 Å². The maximum Gasteiger partial charge on any atom is 0.118 e. The van der Waals surface area contributed by atoms with Crippen molar-refractivity contribution in [2.75, 3.05) is 7.11 Å². The van der Waals surface area contributed by atoms with Crippen LogP contribution in [0, 0.1) is 0 Å². The van der Waals surface area contributed by atoms with Crippen LogP contribution in [0.4, 0.5) is 0 Å². The summed E-state index contributed by atoms with van der Waals surface area (Å²) in [6.07, 6.45) is 2.42. The van der Waals surface area contributed by atoms with E-state index in [0.29, 0.717) is 5.92 Å². The Morgan fingerprint density at radius 2 is 1.35 bits per heavy atom. The zero-order valence-corrected chi connectivity index (χ0v) is 13.2. The van der Waals surface area contributed by atoms with Gasteiger partial charge in [0.15, 0.2) is 0 Å². The van der Waals surface area contributed by atoms with E-state index in [4.69, 9.17) is 4.74 Å². The fraction of sp³-hybridized carbons (Fsp3) is 0.333. The van der Waals surface area contributed by atoms with Crippen molar-refractivity contribution in [2.45, 2.75) is 42.4 Å². The van der Waals surface area contributed by atoms with Gasteiger partial charge in [0.25, 0.3) is 0 Å². The summed E-state index contributed by atoms with van der Waals surface area (Å²) >= 11 is 1.79. The molecule has 0 aromatic heterocycles. The molecule has 2 aromatic carbocycles. The molecule has 0 amide bonds. The maximum absolute atomic E-state index is 5.18. The SMILES string of the molecule is CCC(CC)c1ccc(Sc2ccc(OC)cc2)cc1. The van der Waals surface area contributed by atoms with E-state index in [1.54, 1.807) is 18.9 Å². The number of methoxy groups -OCH3 is 1. The fourth-order valence-electron chi connectivity index (χ4n) is 2.35. The van der Waals surface area contributed by atoms with Gasteiger partial charge in [0.1, 0.15) is 5.75 Å². The monoisotopic (exact) mass is 286 g/mol. The predicted octanol–water partition coefficient (Wildman–Crippen LogP) is 5.75. The lowest BCUT2D eigenvalue weighted by Crippen LogP contribution is -1.94. The molecule has 0 radical (unpaired) electrons. The zero-order valence-electron chi connectivity index (χ0n) is 12.4. The van der Waals surface area contributed by atoms with Crippen LogP contribution in [-0.4, -0.2) is 7.11 Å². The summed E-state index contributed by atoms with van der Waals surface area (Å²) in [7, 11) is 1.69. The average Bonchev–Trinajstić information content (AvgIpc) is 2.51. The van der Waals surface area contributed by atoms with Crippen molar-refractivity contribution in [1.82, 2.24) is 0 Å². The molecular weight excluding hydrogens is 264 g/mol. The molecule has 0 N–H and O–H groups in total. The first-order chi connectivity index (χ1) is 9.76. The molecular formula is C18H22OS. The quantitative estimate of drug-likeness (QED) is 0.668. The van der Waals surface area contributed by atoms with E-state index in [1.807, 2.05) is 12.1 Å². The zero-order chi connectivity index (χ0) is 14.4. The molecule has 0 saturated carbocycles. The maximum atomic E-state index is 5.18. The van der Waals surface area contributed by atoms with Crippen molar-refractivity contribution < 1.29 is 4.74 Å². The Morgan fingerprint density at radius 3 is 1.80 bits per heavy atom. The van der Waals surface area contributed by atoms with Crippen molar-refractivity contribution in [3.05, 3.63) is 54.1 Å². The third-order valence-corrected chi connectivity index (χ3v) is 4.65. The van der Waals surface area contributed by atoms with Crippen molar-refractivity contribution in [3.8, 4) is 5.75 Å². The molecule has 2 rings (SSSR count). The van der Waals surface area contributed by atoms with Gasteiger partial charge in [0.2, 0.25) is 0 Å². The van der Waals surface area contributed by atoms with Crippen LogP contribution in [0.3, 0.4) is 0 Å². The lowest BCUT2D eigenvalue weighted by atomic mass is 9.94. The van der Waals surface area contributed by atoms with Crippen molar-refractivity contribution >= 4 is 11.8 Å². The molecule has 0 aliphatic rings. The van der Waals surface area contributed by atoms with Crippen molar-refractivity contribution in [1.29, 1.82) is 0 Å². The minimum absolute atomic E-state index is 0.690. The first-order valence-corrected chi connectivity index (χ1v) is 8.00. The molecule has 20 heavy (non-hydrogen) atoms. The summed E-state index contributed by atoms with van der Waals surface area (Å²) in [5.41, 5.74) is 1.45. The van der Waals surface area contributed by atoms with Crippen LogP contribution in [0.2, 0.25) is 0 Å².